The third-order valence-electron chi connectivity index (χ3n) is 3.57. The number of benzene rings is 1. The van der Waals surface area contributed by atoms with Gasteiger partial charge >= 0.3 is 0 Å². The van der Waals surface area contributed by atoms with Gasteiger partial charge in [-0.3, -0.25) is 9.98 Å². The summed E-state index contributed by atoms with van der Waals surface area (Å²) >= 11 is 5.97. The molecule has 7 nitrogen and oxygen atoms in total. The molecule has 0 aliphatic heterocycles. The molecule has 3 rings (SSSR count). The fourth-order valence-corrected chi connectivity index (χ4v) is 2.48. The van der Waals surface area contributed by atoms with Crippen molar-refractivity contribution in [1.82, 2.24) is 20.4 Å². The first kappa shape index (κ1) is 21.1. The van der Waals surface area contributed by atoms with Gasteiger partial charge in [-0.15, -0.1) is 24.0 Å². The van der Waals surface area contributed by atoms with E-state index in [0.717, 1.165) is 17.7 Å². The second-order valence-corrected chi connectivity index (χ2v) is 5.97. The van der Waals surface area contributed by atoms with Crippen molar-refractivity contribution >= 4 is 41.5 Å². The van der Waals surface area contributed by atoms with E-state index in [9.17, 15) is 0 Å². The van der Waals surface area contributed by atoms with E-state index < -0.39 is 0 Å². The van der Waals surface area contributed by atoms with E-state index in [1.54, 1.807) is 18.3 Å². The lowest BCUT2D eigenvalue weighted by molar-refractivity contribution is 0.380. The van der Waals surface area contributed by atoms with Gasteiger partial charge < -0.3 is 15.6 Å². The zero-order chi connectivity index (χ0) is 18.2. The minimum Gasteiger partial charge on any atom is -0.370 e. The van der Waals surface area contributed by atoms with E-state index in [0.29, 0.717) is 42.2 Å². The van der Waals surface area contributed by atoms with Crippen molar-refractivity contribution < 1.29 is 4.52 Å². The van der Waals surface area contributed by atoms with E-state index >= 15 is 0 Å². The van der Waals surface area contributed by atoms with Crippen molar-refractivity contribution in [3.05, 3.63) is 65.3 Å². The van der Waals surface area contributed by atoms with Crippen LogP contribution in [0.4, 0.5) is 0 Å². The first-order valence-electron chi connectivity index (χ1n) is 8.23. The topological polar surface area (TPSA) is 102 Å². The quantitative estimate of drug-likeness (QED) is 0.295. The van der Waals surface area contributed by atoms with Crippen LogP contribution in [-0.4, -0.2) is 34.2 Å². The van der Waals surface area contributed by atoms with Crippen LogP contribution in [0.25, 0.3) is 11.4 Å². The number of hydrogen-bond acceptors (Lipinski definition) is 5. The Morgan fingerprint density at radius 2 is 2.07 bits per heavy atom. The molecule has 0 fully saturated rings. The molecule has 27 heavy (non-hydrogen) atoms. The molecule has 142 valence electrons. The number of nitrogens with two attached hydrogens (primary N) is 1. The molecule has 0 unspecified atom stereocenters. The van der Waals surface area contributed by atoms with Gasteiger partial charge in [0.25, 0.3) is 0 Å². The summed E-state index contributed by atoms with van der Waals surface area (Å²) < 4.78 is 5.24. The molecule has 2 heterocycles. The second-order valence-electron chi connectivity index (χ2n) is 5.54. The summed E-state index contributed by atoms with van der Waals surface area (Å²) in [6.07, 6.45) is 3.06. The monoisotopic (exact) mass is 498 g/mol. The Kier molecular flexibility index (Phi) is 8.46. The highest BCUT2D eigenvalue weighted by molar-refractivity contribution is 14.0. The molecule has 0 spiro atoms. The van der Waals surface area contributed by atoms with Gasteiger partial charge in [0, 0.05) is 41.9 Å². The number of aliphatic imine (C=N–C) groups is 1. The minimum absolute atomic E-state index is 0. The van der Waals surface area contributed by atoms with Crippen LogP contribution in [0.3, 0.4) is 0 Å². The number of nitrogens with one attached hydrogen (secondary N) is 1. The highest BCUT2D eigenvalue weighted by Gasteiger charge is 2.08. The molecule has 1 aromatic carbocycles. The Balaban J connectivity index is 0.00000261. The Hall–Kier alpha value is -2.20. The van der Waals surface area contributed by atoms with Gasteiger partial charge in [-0.1, -0.05) is 35.0 Å². The SMILES string of the molecule is I.NC(=NCCc1nc(-c2cccc(Cl)c2)no1)NCCc1ccccn1. The van der Waals surface area contributed by atoms with E-state index in [1.807, 2.05) is 30.3 Å². The van der Waals surface area contributed by atoms with Gasteiger partial charge in [0.15, 0.2) is 5.96 Å². The molecule has 0 atom stereocenters. The summed E-state index contributed by atoms with van der Waals surface area (Å²) in [6, 6.07) is 13.1. The lowest BCUT2D eigenvalue weighted by atomic mass is 10.2. The molecular formula is C18H20ClIN6O. The molecule has 0 radical (unpaired) electrons. The van der Waals surface area contributed by atoms with Crippen LogP contribution in [0.1, 0.15) is 11.6 Å². The maximum absolute atomic E-state index is 5.97. The zero-order valence-corrected chi connectivity index (χ0v) is 17.6. The highest BCUT2D eigenvalue weighted by Crippen LogP contribution is 2.19. The number of pyridine rings is 1. The first-order chi connectivity index (χ1) is 12.7. The van der Waals surface area contributed by atoms with Gasteiger partial charge in [-0.05, 0) is 24.3 Å². The third-order valence-corrected chi connectivity index (χ3v) is 3.81. The third kappa shape index (κ3) is 6.79. The van der Waals surface area contributed by atoms with Crippen LogP contribution >= 0.6 is 35.6 Å². The molecular weight excluding hydrogens is 479 g/mol. The Labute approximate surface area is 179 Å². The summed E-state index contributed by atoms with van der Waals surface area (Å²) in [5, 5.41) is 7.65. The normalized spacial score (nSPS) is 11.1. The zero-order valence-electron chi connectivity index (χ0n) is 14.5. The van der Waals surface area contributed by atoms with Crippen molar-refractivity contribution in [2.75, 3.05) is 13.1 Å². The van der Waals surface area contributed by atoms with Gasteiger partial charge in [0.05, 0.1) is 6.54 Å². The van der Waals surface area contributed by atoms with Crippen LogP contribution in [-0.2, 0) is 12.8 Å². The number of hydrogen-bond donors (Lipinski definition) is 2. The van der Waals surface area contributed by atoms with Crippen molar-refractivity contribution in [3.63, 3.8) is 0 Å². The molecule has 0 bridgehead atoms. The molecule has 3 N–H and O–H groups in total. The van der Waals surface area contributed by atoms with Gasteiger partial charge in [-0.25, -0.2) is 0 Å². The summed E-state index contributed by atoms with van der Waals surface area (Å²) in [5.74, 6) is 1.40. The standard InChI is InChI=1S/C18H19ClN6O.HI/c19-14-5-3-4-13(12-14)17-24-16(26-25-17)8-11-23-18(20)22-10-7-15-6-1-2-9-21-15;/h1-6,9,12H,7-8,10-11H2,(H3,20,22,23);1H. The molecule has 0 saturated carbocycles. The maximum Gasteiger partial charge on any atom is 0.228 e. The van der Waals surface area contributed by atoms with E-state index in [2.05, 4.69) is 25.4 Å². The number of rotatable bonds is 7. The molecule has 0 saturated heterocycles. The fourth-order valence-electron chi connectivity index (χ4n) is 2.29. The Morgan fingerprint density at radius 3 is 2.85 bits per heavy atom. The maximum atomic E-state index is 5.97. The average molecular weight is 499 g/mol. The predicted molar refractivity (Wildman–Crippen MR) is 116 cm³/mol. The summed E-state index contributed by atoms with van der Waals surface area (Å²) in [5.41, 5.74) is 7.67. The van der Waals surface area contributed by atoms with E-state index in [-0.39, 0.29) is 24.0 Å². The van der Waals surface area contributed by atoms with Gasteiger partial charge in [0.1, 0.15) is 0 Å². The largest absolute Gasteiger partial charge is 0.370 e. The molecule has 0 amide bonds. The number of halogens is 2. The highest BCUT2D eigenvalue weighted by atomic mass is 127. The number of guanidine groups is 1. The predicted octanol–water partition coefficient (Wildman–Crippen LogP) is 3.09. The van der Waals surface area contributed by atoms with Crippen molar-refractivity contribution in [1.29, 1.82) is 0 Å². The smallest absolute Gasteiger partial charge is 0.228 e. The first-order valence-corrected chi connectivity index (χ1v) is 8.61. The summed E-state index contributed by atoms with van der Waals surface area (Å²) in [6.45, 7) is 1.13. The van der Waals surface area contributed by atoms with Crippen LogP contribution in [0.2, 0.25) is 5.02 Å². The van der Waals surface area contributed by atoms with Crippen LogP contribution in [0.5, 0.6) is 0 Å². The molecule has 0 aliphatic carbocycles. The van der Waals surface area contributed by atoms with Gasteiger partial charge in [-0.2, -0.15) is 4.98 Å². The molecule has 0 aliphatic rings. The molecule has 9 heteroatoms. The Bertz CT molecular complexity index is 871. The molecule has 2 aromatic heterocycles. The lowest BCUT2D eigenvalue weighted by Gasteiger charge is -2.04. The fraction of sp³-hybridized carbons (Fsp3) is 0.222. The Morgan fingerprint density at radius 1 is 1.19 bits per heavy atom. The van der Waals surface area contributed by atoms with Crippen molar-refractivity contribution in [3.8, 4) is 11.4 Å². The minimum atomic E-state index is 0. The molecule has 3 aromatic rings. The van der Waals surface area contributed by atoms with Gasteiger partial charge in [0.2, 0.25) is 11.7 Å². The van der Waals surface area contributed by atoms with E-state index in [1.165, 1.54) is 0 Å². The van der Waals surface area contributed by atoms with Crippen LogP contribution in [0, 0.1) is 0 Å². The second kappa shape index (κ2) is 10.8. The lowest BCUT2D eigenvalue weighted by Crippen LogP contribution is -2.33. The summed E-state index contributed by atoms with van der Waals surface area (Å²) in [4.78, 5) is 12.9. The summed E-state index contributed by atoms with van der Waals surface area (Å²) in [7, 11) is 0. The van der Waals surface area contributed by atoms with Crippen LogP contribution < -0.4 is 11.1 Å². The number of nitrogens with zero attached hydrogens (tertiary/aromatic N) is 4. The van der Waals surface area contributed by atoms with Crippen molar-refractivity contribution in [2.24, 2.45) is 10.7 Å². The average Bonchev–Trinajstić information content (AvgIpc) is 3.12. The number of aromatic nitrogens is 3. The van der Waals surface area contributed by atoms with Crippen LogP contribution in [0.15, 0.2) is 58.2 Å². The van der Waals surface area contributed by atoms with E-state index in [4.69, 9.17) is 21.9 Å². The van der Waals surface area contributed by atoms with Crippen molar-refractivity contribution in [2.45, 2.75) is 12.8 Å².